The summed E-state index contributed by atoms with van der Waals surface area (Å²) in [5, 5.41) is 0. The lowest BCUT2D eigenvalue weighted by Gasteiger charge is -2.08. The number of aromatic nitrogens is 3. The van der Waals surface area contributed by atoms with Crippen LogP contribution in [0.3, 0.4) is 0 Å². The van der Waals surface area contributed by atoms with Crippen molar-refractivity contribution in [1.29, 1.82) is 0 Å². The SMILES string of the molecule is CC.Cc1ccncc1-c1cccc2c1ncn2C(=O)C(C)C. The molecule has 0 amide bonds. The topological polar surface area (TPSA) is 47.8 Å². The molecule has 0 aliphatic heterocycles. The molecular formula is C19H23N3O. The lowest BCUT2D eigenvalue weighted by atomic mass is 10.0. The van der Waals surface area contributed by atoms with Gasteiger partial charge in [-0.1, -0.05) is 39.8 Å². The molecule has 0 N–H and O–H groups in total. The molecule has 0 atom stereocenters. The smallest absolute Gasteiger partial charge is 0.234 e. The quantitative estimate of drug-likeness (QED) is 0.687. The molecule has 120 valence electrons. The summed E-state index contributed by atoms with van der Waals surface area (Å²) in [6, 6.07) is 7.88. The molecule has 2 heterocycles. The van der Waals surface area contributed by atoms with Crippen LogP contribution in [-0.2, 0) is 0 Å². The van der Waals surface area contributed by atoms with Crippen molar-refractivity contribution in [2.75, 3.05) is 0 Å². The van der Waals surface area contributed by atoms with Crippen LogP contribution in [0.25, 0.3) is 22.2 Å². The zero-order valence-electron chi connectivity index (χ0n) is 14.4. The molecule has 23 heavy (non-hydrogen) atoms. The van der Waals surface area contributed by atoms with E-state index in [1.807, 2.05) is 65.1 Å². The molecule has 0 radical (unpaired) electrons. The fourth-order valence-electron chi connectivity index (χ4n) is 2.46. The molecule has 4 heteroatoms. The van der Waals surface area contributed by atoms with E-state index in [1.165, 1.54) is 0 Å². The van der Waals surface area contributed by atoms with Crippen LogP contribution in [0.5, 0.6) is 0 Å². The Hall–Kier alpha value is -2.49. The van der Waals surface area contributed by atoms with Crippen molar-refractivity contribution in [2.45, 2.75) is 34.6 Å². The van der Waals surface area contributed by atoms with Gasteiger partial charge in [0.25, 0.3) is 0 Å². The van der Waals surface area contributed by atoms with Crippen LogP contribution in [0.2, 0.25) is 0 Å². The van der Waals surface area contributed by atoms with Crippen molar-refractivity contribution in [3.63, 3.8) is 0 Å². The molecule has 0 aliphatic rings. The van der Waals surface area contributed by atoms with Gasteiger partial charge in [0.1, 0.15) is 6.33 Å². The molecule has 0 saturated heterocycles. The summed E-state index contributed by atoms with van der Waals surface area (Å²) in [6.07, 6.45) is 5.23. The zero-order valence-corrected chi connectivity index (χ0v) is 14.4. The molecule has 1 aromatic carbocycles. The average molecular weight is 309 g/mol. The van der Waals surface area contributed by atoms with E-state index >= 15 is 0 Å². The maximum atomic E-state index is 12.2. The third kappa shape index (κ3) is 3.16. The van der Waals surface area contributed by atoms with Crippen LogP contribution in [0.4, 0.5) is 0 Å². The highest BCUT2D eigenvalue weighted by Gasteiger charge is 2.16. The molecule has 3 aromatic rings. The molecule has 0 unspecified atom stereocenters. The Morgan fingerprint density at radius 3 is 2.52 bits per heavy atom. The number of nitrogens with zero attached hydrogens (tertiary/aromatic N) is 3. The Morgan fingerprint density at radius 2 is 1.87 bits per heavy atom. The third-order valence-electron chi connectivity index (χ3n) is 3.64. The number of benzene rings is 1. The Balaban J connectivity index is 0.000000924. The first-order valence-electron chi connectivity index (χ1n) is 8.01. The second-order valence-electron chi connectivity index (χ2n) is 5.47. The van der Waals surface area contributed by atoms with Crippen molar-refractivity contribution in [3.8, 4) is 11.1 Å². The highest BCUT2D eigenvalue weighted by atomic mass is 16.2. The highest BCUT2D eigenvalue weighted by molar-refractivity contribution is 5.98. The predicted octanol–water partition coefficient (Wildman–Crippen LogP) is 4.73. The first-order chi connectivity index (χ1) is 11.1. The van der Waals surface area contributed by atoms with Crippen LogP contribution in [0, 0.1) is 12.8 Å². The van der Waals surface area contributed by atoms with E-state index in [0.717, 1.165) is 27.7 Å². The summed E-state index contributed by atoms with van der Waals surface area (Å²) in [4.78, 5) is 20.9. The minimum absolute atomic E-state index is 0.0533. The van der Waals surface area contributed by atoms with Gasteiger partial charge in [0.05, 0.1) is 11.0 Å². The predicted molar refractivity (Wildman–Crippen MR) is 94.5 cm³/mol. The summed E-state index contributed by atoms with van der Waals surface area (Å²) < 4.78 is 1.63. The second-order valence-corrected chi connectivity index (χ2v) is 5.47. The lowest BCUT2D eigenvalue weighted by Crippen LogP contribution is -2.15. The van der Waals surface area contributed by atoms with Crippen LogP contribution in [0.1, 0.15) is 38.1 Å². The summed E-state index contributed by atoms with van der Waals surface area (Å²) >= 11 is 0. The lowest BCUT2D eigenvalue weighted by molar-refractivity contribution is 0.0860. The summed E-state index contributed by atoms with van der Waals surface area (Å²) in [7, 11) is 0. The van der Waals surface area contributed by atoms with E-state index in [9.17, 15) is 4.79 Å². The summed E-state index contributed by atoms with van der Waals surface area (Å²) in [5.74, 6) is -0.0104. The van der Waals surface area contributed by atoms with Crippen LogP contribution in [0.15, 0.2) is 43.0 Å². The maximum Gasteiger partial charge on any atom is 0.234 e. The number of carbonyl (C=O) groups excluding carboxylic acids is 1. The van der Waals surface area contributed by atoms with E-state index in [2.05, 4.69) is 9.97 Å². The molecule has 0 aliphatic carbocycles. The van der Waals surface area contributed by atoms with Gasteiger partial charge < -0.3 is 0 Å². The van der Waals surface area contributed by atoms with Crippen LogP contribution >= 0.6 is 0 Å². The largest absolute Gasteiger partial charge is 0.274 e. The van der Waals surface area contributed by atoms with Crippen molar-refractivity contribution < 1.29 is 4.79 Å². The van der Waals surface area contributed by atoms with E-state index in [0.29, 0.717) is 0 Å². The standard InChI is InChI=1S/C17H17N3O.C2H6/c1-11(2)17(21)20-10-19-16-13(5-4-6-15(16)20)14-9-18-8-7-12(14)3;1-2/h4-11H,1-3H3;1-2H3. The molecule has 3 rings (SSSR count). The van der Waals surface area contributed by atoms with Gasteiger partial charge in [0.2, 0.25) is 5.91 Å². The van der Waals surface area contributed by atoms with Crippen LogP contribution in [-0.4, -0.2) is 20.4 Å². The number of hydrogen-bond acceptors (Lipinski definition) is 3. The Kier molecular flexibility index (Phi) is 5.27. The van der Waals surface area contributed by atoms with Crippen molar-refractivity contribution in [3.05, 3.63) is 48.5 Å². The van der Waals surface area contributed by atoms with Gasteiger partial charge in [-0.3, -0.25) is 14.3 Å². The summed E-state index contributed by atoms with van der Waals surface area (Å²) in [5.41, 5.74) is 4.87. The number of carbonyl (C=O) groups is 1. The van der Waals surface area contributed by atoms with E-state index in [-0.39, 0.29) is 11.8 Å². The van der Waals surface area contributed by atoms with Gasteiger partial charge in [-0.05, 0) is 24.6 Å². The van der Waals surface area contributed by atoms with Gasteiger partial charge in [0.15, 0.2) is 0 Å². The van der Waals surface area contributed by atoms with E-state index in [4.69, 9.17) is 0 Å². The van der Waals surface area contributed by atoms with Gasteiger partial charge in [0, 0.05) is 29.4 Å². The van der Waals surface area contributed by atoms with E-state index < -0.39 is 0 Å². The molecule has 2 aromatic heterocycles. The van der Waals surface area contributed by atoms with Gasteiger partial charge in [-0.15, -0.1) is 0 Å². The Labute approximate surface area is 137 Å². The van der Waals surface area contributed by atoms with Gasteiger partial charge in [-0.2, -0.15) is 0 Å². The number of aryl methyl sites for hydroxylation is 1. The number of para-hydroxylation sites is 1. The Bertz CT molecular complexity index is 818. The van der Waals surface area contributed by atoms with Crippen molar-refractivity contribution >= 4 is 16.9 Å². The second kappa shape index (κ2) is 7.18. The highest BCUT2D eigenvalue weighted by Crippen LogP contribution is 2.29. The average Bonchev–Trinajstić information content (AvgIpc) is 3.00. The molecular weight excluding hydrogens is 286 g/mol. The molecule has 0 fully saturated rings. The minimum Gasteiger partial charge on any atom is -0.274 e. The number of rotatable bonds is 2. The molecule has 0 bridgehead atoms. The monoisotopic (exact) mass is 309 g/mol. The third-order valence-corrected chi connectivity index (χ3v) is 3.64. The van der Waals surface area contributed by atoms with Crippen molar-refractivity contribution in [1.82, 2.24) is 14.5 Å². The summed E-state index contributed by atoms with van der Waals surface area (Å²) in [6.45, 7) is 9.83. The molecule has 0 saturated carbocycles. The molecule has 0 spiro atoms. The Morgan fingerprint density at radius 1 is 1.13 bits per heavy atom. The molecule has 4 nitrogen and oxygen atoms in total. The first-order valence-corrected chi connectivity index (χ1v) is 8.01. The minimum atomic E-state index is -0.0637. The number of fused-ring (bicyclic) bond motifs is 1. The number of pyridine rings is 1. The fraction of sp³-hybridized carbons (Fsp3) is 0.316. The van der Waals surface area contributed by atoms with Crippen molar-refractivity contribution in [2.24, 2.45) is 5.92 Å². The zero-order chi connectivity index (χ0) is 17.0. The number of imidazole rings is 1. The van der Waals surface area contributed by atoms with Crippen LogP contribution < -0.4 is 0 Å². The first kappa shape index (κ1) is 16.9. The van der Waals surface area contributed by atoms with Gasteiger partial charge in [-0.25, -0.2) is 4.98 Å². The van der Waals surface area contributed by atoms with E-state index in [1.54, 1.807) is 17.1 Å². The maximum absolute atomic E-state index is 12.2. The fourth-order valence-corrected chi connectivity index (χ4v) is 2.46. The van der Waals surface area contributed by atoms with Gasteiger partial charge >= 0.3 is 0 Å². The number of hydrogen-bond donors (Lipinski definition) is 0. The normalized spacial score (nSPS) is 10.5.